The zero-order valence-corrected chi connectivity index (χ0v) is 14.5. The minimum absolute atomic E-state index is 0.115. The number of anilines is 3. The van der Waals surface area contributed by atoms with E-state index in [0.717, 1.165) is 12.8 Å². The van der Waals surface area contributed by atoms with Gasteiger partial charge in [0.2, 0.25) is 5.91 Å². The van der Waals surface area contributed by atoms with Crippen molar-refractivity contribution in [3.05, 3.63) is 48.2 Å². The summed E-state index contributed by atoms with van der Waals surface area (Å²) < 4.78 is 5.10. The molecule has 2 heterocycles. The molecule has 2 amide bonds. The van der Waals surface area contributed by atoms with E-state index in [0.29, 0.717) is 23.2 Å². The fourth-order valence-corrected chi connectivity index (χ4v) is 2.78. The number of nitrogens with one attached hydrogen (secondary N) is 2. The summed E-state index contributed by atoms with van der Waals surface area (Å²) in [7, 11) is 0. The van der Waals surface area contributed by atoms with E-state index in [1.165, 1.54) is 11.1 Å². The minimum atomic E-state index is -0.636. The summed E-state index contributed by atoms with van der Waals surface area (Å²) in [5, 5.41) is 5.93. The molecule has 2 aliphatic rings. The molecule has 0 bridgehead atoms. The number of hydrogen-bond donors (Lipinski definition) is 2. The Bertz CT molecular complexity index is 893. The van der Waals surface area contributed by atoms with Gasteiger partial charge in [-0.1, -0.05) is 12.1 Å². The van der Waals surface area contributed by atoms with E-state index in [1.54, 1.807) is 36.4 Å². The first-order valence-corrected chi connectivity index (χ1v) is 8.69. The number of para-hydroxylation sites is 2. The van der Waals surface area contributed by atoms with Crippen molar-refractivity contribution in [1.29, 1.82) is 0 Å². The summed E-state index contributed by atoms with van der Waals surface area (Å²) in [5.41, 5.74) is 1.40. The summed E-state index contributed by atoms with van der Waals surface area (Å²) >= 11 is 0. The van der Waals surface area contributed by atoms with Gasteiger partial charge in [0, 0.05) is 12.2 Å². The number of hydrogen-bond acceptors (Lipinski definition) is 6. The number of esters is 1. The Kier molecular flexibility index (Phi) is 4.45. The highest BCUT2D eigenvalue weighted by Gasteiger charge is 2.27. The molecule has 8 nitrogen and oxygen atoms in total. The van der Waals surface area contributed by atoms with Crippen LogP contribution in [0.3, 0.4) is 0 Å². The topological polar surface area (TPSA) is 101 Å². The molecule has 27 heavy (non-hydrogen) atoms. The van der Waals surface area contributed by atoms with E-state index in [2.05, 4.69) is 15.6 Å². The van der Waals surface area contributed by atoms with E-state index >= 15 is 0 Å². The van der Waals surface area contributed by atoms with Crippen LogP contribution in [0.1, 0.15) is 23.2 Å². The average molecular weight is 366 g/mol. The number of aromatic nitrogens is 1. The number of nitrogens with zero attached hydrogens (tertiary/aromatic N) is 2. The van der Waals surface area contributed by atoms with Crippen LogP contribution in [0.5, 0.6) is 0 Å². The van der Waals surface area contributed by atoms with E-state index in [-0.39, 0.29) is 18.0 Å². The Hall–Kier alpha value is -3.42. The largest absolute Gasteiger partial charge is 0.452 e. The van der Waals surface area contributed by atoms with Crippen molar-refractivity contribution in [2.45, 2.75) is 18.9 Å². The number of rotatable bonds is 5. The molecule has 1 aromatic carbocycles. The van der Waals surface area contributed by atoms with Gasteiger partial charge < -0.3 is 15.4 Å². The summed E-state index contributed by atoms with van der Waals surface area (Å²) in [6.07, 6.45) is 3.68. The second-order valence-electron chi connectivity index (χ2n) is 6.47. The van der Waals surface area contributed by atoms with Crippen LogP contribution in [0.2, 0.25) is 0 Å². The van der Waals surface area contributed by atoms with Crippen LogP contribution in [0.15, 0.2) is 42.6 Å². The highest BCUT2D eigenvalue weighted by Crippen LogP contribution is 2.29. The highest BCUT2D eigenvalue weighted by atomic mass is 16.5. The number of carbonyl (C=O) groups excluding carboxylic acids is 3. The molecular formula is C19H18N4O4. The van der Waals surface area contributed by atoms with Gasteiger partial charge in [-0.2, -0.15) is 0 Å². The lowest BCUT2D eigenvalue weighted by atomic mass is 10.2. The lowest BCUT2D eigenvalue weighted by molar-refractivity contribution is -0.124. The van der Waals surface area contributed by atoms with Crippen LogP contribution in [-0.2, 0) is 14.3 Å². The van der Waals surface area contributed by atoms with Crippen molar-refractivity contribution < 1.29 is 19.1 Å². The number of amides is 2. The van der Waals surface area contributed by atoms with Crippen molar-refractivity contribution >= 4 is 35.0 Å². The molecule has 0 saturated heterocycles. The van der Waals surface area contributed by atoms with Crippen molar-refractivity contribution in [2.75, 3.05) is 28.7 Å². The predicted octanol–water partition coefficient (Wildman–Crippen LogP) is 1.80. The van der Waals surface area contributed by atoms with E-state index < -0.39 is 18.5 Å². The summed E-state index contributed by atoms with van der Waals surface area (Å²) in [6, 6.07) is 10.8. The number of carbonyl (C=O) groups is 3. The zero-order chi connectivity index (χ0) is 18.8. The number of ether oxygens (including phenoxy) is 1. The second kappa shape index (κ2) is 7.06. The Morgan fingerprint density at radius 3 is 2.78 bits per heavy atom. The standard InChI is InChI=1S/C19H18N4O4/c24-17-10-23(15-4-2-1-3-14(15)22-17)18(25)11-27-19(26)12-5-8-16(20-9-12)21-13-6-7-13/h1-5,8-9,13H,6-7,10-11H2,(H,20,21)(H,22,24). The molecule has 1 saturated carbocycles. The maximum absolute atomic E-state index is 12.5. The molecule has 1 aliphatic carbocycles. The third-order valence-corrected chi connectivity index (χ3v) is 4.33. The van der Waals surface area contributed by atoms with Crippen molar-refractivity contribution in [3.63, 3.8) is 0 Å². The Balaban J connectivity index is 1.37. The van der Waals surface area contributed by atoms with Gasteiger partial charge in [-0.25, -0.2) is 9.78 Å². The molecule has 1 aromatic heterocycles. The van der Waals surface area contributed by atoms with Crippen LogP contribution in [0.25, 0.3) is 0 Å². The zero-order valence-electron chi connectivity index (χ0n) is 14.5. The molecule has 2 N–H and O–H groups in total. The van der Waals surface area contributed by atoms with Crippen molar-refractivity contribution in [1.82, 2.24) is 4.98 Å². The van der Waals surface area contributed by atoms with Crippen molar-refractivity contribution in [2.24, 2.45) is 0 Å². The van der Waals surface area contributed by atoms with Crippen LogP contribution < -0.4 is 15.5 Å². The number of fused-ring (bicyclic) bond motifs is 1. The van der Waals surface area contributed by atoms with Crippen LogP contribution >= 0.6 is 0 Å². The number of benzene rings is 1. The molecule has 8 heteroatoms. The quantitative estimate of drug-likeness (QED) is 0.783. The molecule has 1 fully saturated rings. The highest BCUT2D eigenvalue weighted by molar-refractivity contribution is 6.10. The molecule has 1 aliphatic heterocycles. The third kappa shape index (κ3) is 3.89. The summed E-state index contributed by atoms with van der Waals surface area (Å²) in [4.78, 5) is 41.9. The van der Waals surface area contributed by atoms with Gasteiger partial charge in [-0.05, 0) is 37.1 Å². The van der Waals surface area contributed by atoms with Gasteiger partial charge in [0.1, 0.15) is 12.4 Å². The first kappa shape index (κ1) is 17.0. The molecule has 138 valence electrons. The summed E-state index contributed by atoms with van der Waals surface area (Å²) in [5.74, 6) is -0.688. The van der Waals surface area contributed by atoms with Crippen LogP contribution in [-0.4, -0.2) is 42.0 Å². The van der Waals surface area contributed by atoms with Crippen LogP contribution in [0, 0.1) is 0 Å². The number of pyridine rings is 1. The molecule has 0 spiro atoms. The SMILES string of the molecule is O=C1CN(C(=O)COC(=O)c2ccc(NC3CC3)nc2)c2ccccc2N1. The smallest absolute Gasteiger partial charge is 0.340 e. The normalized spacial score (nSPS) is 15.6. The maximum atomic E-state index is 12.5. The van der Waals surface area contributed by atoms with E-state index in [9.17, 15) is 14.4 Å². The van der Waals surface area contributed by atoms with Crippen LogP contribution in [0.4, 0.5) is 17.2 Å². The molecule has 0 radical (unpaired) electrons. The Morgan fingerprint density at radius 2 is 2.04 bits per heavy atom. The Labute approximate surface area is 155 Å². The van der Waals surface area contributed by atoms with E-state index in [4.69, 9.17) is 4.74 Å². The fraction of sp³-hybridized carbons (Fsp3) is 0.263. The second-order valence-corrected chi connectivity index (χ2v) is 6.47. The van der Waals surface area contributed by atoms with Gasteiger partial charge in [-0.3, -0.25) is 14.5 Å². The van der Waals surface area contributed by atoms with Gasteiger partial charge in [0.25, 0.3) is 5.91 Å². The predicted molar refractivity (Wildman–Crippen MR) is 98.6 cm³/mol. The molecule has 0 atom stereocenters. The fourth-order valence-electron chi connectivity index (χ4n) is 2.78. The first-order valence-electron chi connectivity index (χ1n) is 8.69. The van der Waals surface area contributed by atoms with Gasteiger partial charge in [0.15, 0.2) is 6.61 Å². The van der Waals surface area contributed by atoms with Crippen molar-refractivity contribution in [3.8, 4) is 0 Å². The molecule has 0 unspecified atom stereocenters. The van der Waals surface area contributed by atoms with Gasteiger partial charge in [-0.15, -0.1) is 0 Å². The third-order valence-electron chi connectivity index (χ3n) is 4.33. The maximum Gasteiger partial charge on any atom is 0.340 e. The Morgan fingerprint density at radius 1 is 1.22 bits per heavy atom. The molecular weight excluding hydrogens is 348 g/mol. The lowest BCUT2D eigenvalue weighted by Crippen LogP contribution is -2.44. The molecule has 2 aromatic rings. The van der Waals surface area contributed by atoms with Gasteiger partial charge in [0.05, 0.1) is 16.9 Å². The minimum Gasteiger partial charge on any atom is -0.452 e. The van der Waals surface area contributed by atoms with Gasteiger partial charge >= 0.3 is 5.97 Å². The van der Waals surface area contributed by atoms with E-state index in [1.807, 2.05) is 0 Å². The average Bonchev–Trinajstić information content (AvgIpc) is 3.49. The first-order chi connectivity index (χ1) is 13.1. The molecule has 4 rings (SSSR count). The summed E-state index contributed by atoms with van der Waals surface area (Å²) in [6.45, 7) is -0.570. The lowest BCUT2D eigenvalue weighted by Gasteiger charge is -2.28. The monoisotopic (exact) mass is 366 g/mol.